The molecule has 0 saturated heterocycles. The van der Waals surface area contributed by atoms with E-state index in [1.54, 1.807) is 12.1 Å². The van der Waals surface area contributed by atoms with Crippen molar-refractivity contribution in [1.82, 2.24) is 5.32 Å². The number of carboxylic acid groups (broad SMARTS) is 1. The summed E-state index contributed by atoms with van der Waals surface area (Å²) in [7, 11) is 0. The van der Waals surface area contributed by atoms with Crippen molar-refractivity contribution in [3.8, 4) is 0 Å². The number of hydrogen-bond donors (Lipinski definition) is 2. The first-order valence-electron chi connectivity index (χ1n) is 6.06. The average Bonchev–Trinajstić information content (AvgIpc) is 2.28. The molecule has 1 aromatic carbocycles. The highest BCUT2D eigenvalue weighted by molar-refractivity contribution is 5.84. The van der Waals surface area contributed by atoms with Crippen LogP contribution in [-0.4, -0.2) is 23.5 Å². The molecule has 1 aromatic rings. The second-order valence-corrected chi connectivity index (χ2v) is 5.10. The molecule has 2 N–H and O–H groups in total. The molecule has 1 rings (SSSR count). The predicted octanol–water partition coefficient (Wildman–Crippen LogP) is 1.99. The minimum absolute atomic E-state index is 0.0779. The molecular formula is C14H18FNO3. The van der Waals surface area contributed by atoms with Gasteiger partial charge in [-0.15, -0.1) is 0 Å². The summed E-state index contributed by atoms with van der Waals surface area (Å²) in [5.41, 5.74) is -0.291. The van der Waals surface area contributed by atoms with Crippen LogP contribution in [0.15, 0.2) is 24.3 Å². The van der Waals surface area contributed by atoms with Crippen LogP contribution in [0.3, 0.4) is 0 Å². The minimum Gasteiger partial charge on any atom is -0.481 e. The summed E-state index contributed by atoms with van der Waals surface area (Å²) in [6.07, 6.45) is 0.433. The number of rotatable bonds is 6. The highest BCUT2D eigenvalue weighted by atomic mass is 19.1. The van der Waals surface area contributed by atoms with Gasteiger partial charge < -0.3 is 10.4 Å². The van der Waals surface area contributed by atoms with Gasteiger partial charge in [0.05, 0.1) is 5.41 Å². The second kappa shape index (κ2) is 6.31. The zero-order valence-corrected chi connectivity index (χ0v) is 11.1. The van der Waals surface area contributed by atoms with Crippen molar-refractivity contribution in [3.63, 3.8) is 0 Å². The van der Waals surface area contributed by atoms with Crippen LogP contribution in [0.2, 0.25) is 0 Å². The number of hydrogen-bond acceptors (Lipinski definition) is 2. The van der Waals surface area contributed by atoms with Crippen LogP contribution in [0.5, 0.6) is 0 Å². The lowest BCUT2D eigenvalue weighted by atomic mass is 9.89. The Hall–Kier alpha value is -1.91. The van der Waals surface area contributed by atoms with Crippen molar-refractivity contribution in [1.29, 1.82) is 0 Å². The molecule has 19 heavy (non-hydrogen) atoms. The standard InChI is InChI=1S/C14H18FNO3/c1-14(2,13(18)19)9-12(17)16-7-6-10-4-3-5-11(15)8-10/h3-5,8H,6-7,9H2,1-2H3,(H,16,17)(H,18,19). The Kier molecular flexibility index (Phi) is 5.03. The van der Waals surface area contributed by atoms with Crippen molar-refractivity contribution in [2.24, 2.45) is 5.41 Å². The summed E-state index contributed by atoms with van der Waals surface area (Å²) in [5.74, 6) is -1.63. The van der Waals surface area contributed by atoms with E-state index < -0.39 is 11.4 Å². The summed E-state index contributed by atoms with van der Waals surface area (Å²) in [4.78, 5) is 22.4. The van der Waals surface area contributed by atoms with E-state index in [1.807, 2.05) is 0 Å². The Labute approximate surface area is 111 Å². The molecule has 0 radical (unpaired) electrons. The van der Waals surface area contributed by atoms with Gasteiger partial charge >= 0.3 is 5.97 Å². The van der Waals surface area contributed by atoms with Crippen molar-refractivity contribution in [3.05, 3.63) is 35.6 Å². The third kappa shape index (κ3) is 5.07. The molecule has 0 fully saturated rings. The van der Waals surface area contributed by atoms with Gasteiger partial charge in [0.1, 0.15) is 5.82 Å². The third-order valence-corrected chi connectivity index (χ3v) is 2.81. The van der Waals surface area contributed by atoms with Crippen LogP contribution in [0.4, 0.5) is 4.39 Å². The zero-order valence-electron chi connectivity index (χ0n) is 11.1. The summed E-state index contributed by atoms with van der Waals surface area (Å²) < 4.78 is 12.9. The van der Waals surface area contributed by atoms with Gasteiger partial charge in [0.2, 0.25) is 5.91 Å². The SMILES string of the molecule is CC(C)(CC(=O)NCCc1cccc(F)c1)C(=O)O. The van der Waals surface area contributed by atoms with Crippen LogP contribution in [0, 0.1) is 11.2 Å². The Morgan fingerprint density at radius 1 is 1.37 bits per heavy atom. The molecule has 1 amide bonds. The van der Waals surface area contributed by atoms with Gasteiger partial charge in [-0.3, -0.25) is 9.59 Å². The topological polar surface area (TPSA) is 66.4 Å². The van der Waals surface area contributed by atoms with E-state index in [-0.39, 0.29) is 18.1 Å². The fourth-order valence-corrected chi connectivity index (χ4v) is 1.58. The molecule has 0 bridgehead atoms. The molecule has 0 saturated carbocycles. The monoisotopic (exact) mass is 267 g/mol. The maximum atomic E-state index is 12.9. The van der Waals surface area contributed by atoms with Crippen molar-refractivity contribution in [2.45, 2.75) is 26.7 Å². The zero-order chi connectivity index (χ0) is 14.5. The normalized spacial score (nSPS) is 11.1. The van der Waals surface area contributed by atoms with Crippen molar-refractivity contribution < 1.29 is 19.1 Å². The molecule has 4 nitrogen and oxygen atoms in total. The maximum absolute atomic E-state index is 12.9. The van der Waals surface area contributed by atoms with Crippen molar-refractivity contribution >= 4 is 11.9 Å². The highest BCUT2D eigenvalue weighted by Gasteiger charge is 2.29. The predicted molar refractivity (Wildman–Crippen MR) is 69.1 cm³/mol. The molecule has 0 atom stereocenters. The molecule has 0 aliphatic rings. The first kappa shape index (κ1) is 15.1. The number of carboxylic acids is 1. The lowest BCUT2D eigenvalue weighted by Crippen LogP contribution is -2.34. The number of nitrogens with one attached hydrogen (secondary N) is 1. The lowest BCUT2D eigenvalue weighted by Gasteiger charge is -2.18. The number of carbonyl (C=O) groups is 2. The van der Waals surface area contributed by atoms with E-state index in [0.717, 1.165) is 5.56 Å². The van der Waals surface area contributed by atoms with E-state index in [1.165, 1.54) is 26.0 Å². The Morgan fingerprint density at radius 2 is 2.05 bits per heavy atom. The molecule has 5 heteroatoms. The molecule has 0 aliphatic heterocycles. The molecule has 0 unspecified atom stereocenters. The molecule has 104 valence electrons. The fourth-order valence-electron chi connectivity index (χ4n) is 1.58. The first-order valence-corrected chi connectivity index (χ1v) is 6.06. The number of halogens is 1. The van der Waals surface area contributed by atoms with Gasteiger partial charge in [0.25, 0.3) is 0 Å². The van der Waals surface area contributed by atoms with E-state index in [4.69, 9.17) is 5.11 Å². The van der Waals surface area contributed by atoms with Crippen LogP contribution < -0.4 is 5.32 Å². The molecule has 0 aromatic heterocycles. The first-order chi connectivity index (χ1) is 8.81. The van der Waals surface area contributed by atoms with Crippen LogP contribution in [0.25, 0.3) is 0 Å². The smallest absolute Gasteiger partial charge is 0.309 e. The molecular weight excluding hydrogens is 249 g/mol. The summed E-state index contributed by atoms with van der Waals surface area (Å²) >= 11 is 0. The van der Waals surface area contributed by atoms with E-state index in [2.05, 4.69) is 5.32 Å². The minimum atomic E-state index is -1.08. The second-order valence-electron chi connectivity index (χ2n) is 5.10. The fraction of sp³-hybridized carbons (Fsp3) is 0.429. The van der Waals surface area contributed by atoms with Crippen molar-refractivity contribution in [2.75, 3.05) is 6.54 Å². The van der Waals surface area contributed by atoms with Crippen LogP contribution >= 0.6 is 0 Å². The number of amides is 1. The molecule has 0 spiro atoms. The van der Waals surface area contributed by atoms with Gasteiger partial charge in [-0.05, 0) is 38.0 Å². The van der Waals surface area contributed by atoms with E-state index in [9.17, 15) is 14.0 Å². The van der Waals surface area contributed by atoms with Crippen LogP contribution in [-0.2, 0) is 16.0 Å². The molecule has 0 heterocycles. The van der Waals surface area contributed by atoms with Gasteiger partial charge in [-0.25, -0.2) is 4.39 Å². The quantitative estimate of drug-likeness (QED) is 0.828. The highest BCUT2D eigenvalue weighted by Crippen LogP contribution is 2.19. The van der Waals surface area contributed by atoms with E-state index >= 15 is 0 Å². The Bertz CT molecular complexity index is 472. The summed E-state index contributed by atoms with van der Waals surface area (Å²) in [5, 5.41) is 11.5. The Morgan fingerprint density at radius 3 is 2.63 bits per heavy atom. The Balaban J connectivity index is 2.37. The molecule has 0 aliphatic carbocycles. The summed E-state index contributed by atoms with van der Waals surface area (Å²) in [6.45, 7) is 3.36. The van der Waals surface area contributed by atoms with Gasteiger partial charge in [0, 0.05) is 13.0 Å². The lowest BCUT2D eigenvalue weighted by molar-refractivity contribution is -0.149. The van der Waals surface area contributed by atoms with Gasteiger partial charge in [-0.2, -0.15) is 0 Å². The average molecular weight is 267 g/mol. The number of aliphatic carboxylic acids is 1. The maximum Gasteiger partial charge on any atom is 0.309 e. The van der Waals surface area contributed by atoms with Crippen LogP contribution in [0.1, 0.15) is 25.8 Å². The van der Waals surface area contributed by atoms with Gasteiger partial charge in [0.15, 0.2) is 0 Å². The largest absolute Gasteiger partial charge is 0.481 e. The van der Waals surface area contributed by atoms with E-state index in [0.29, 0.717) is 13.0 Å². The summed E-state index contributed by atoms with van der Waals surface area (Å²) in [6, 6.07) is 6.15. The third-order valence-electron chi connectivity index (χ3n) is 2.81. The van der Waals surface area contributed by atoms with Gasteiger partial charge in [-0.1, -0.05) is 12.1 Å². The number of carbonyl (C=O) groups excluding carboxylic acids is 1. The number of benzene rings is 1.